The Kier molecular flexibility index (Phi) is 9.69. The molecule has 0 spiro atoms. The van der Waals surface area contributed by atoms with Crippen LogP contribution in [0.1, 0.15) is 73.8 Å². The SMILES string of the molecule is [2H]C([2H])([2H])c1ccc(-c2ccnc(-c3cc(-c4cccc5c4nc(-c4cc(C)cc(C)c4OC)n5-c4cc(-c5ccccc5)c(C([2H])(C)C)cc4-c4ccccc4)cc(C(C)(C)C)c3)c2)cc1. The number of nitrogens with zero attached hydrogens (tertiary/aromatic N) is 3. The Balaban J connectivity index is 1.34. The predicted octanol–water partition coefficient (Wildman–Crippen LogP) is 15.8. The third-order valence-corrected chi connectivity index (χ3v) is 12.0. The number of methoxy groups -OCH3 is 1. The Morgan fingerprint density at radius 1 is 0.603 bits per heavy atom. The molecule has 4 heteroatoms. The van der Waals surface area contributed by atoms with E-state index in [2.05, 4.69) is 154 Å². The summed E-state index contributed by atoms with van der Waals surface area (Å²) < 4.78 is 41.6. The molecule has 0 aliphatic rings. The highest BCUT2D eigenvalue weighted by Crippen LogP contribution is 2.45. The van der Waals surface area contributed by atoms with Crippen molar-refractivity contribution in [1.82, 2.24) is 14.5 Å². The number of fused-ring (bicyclic) bond motifs is 1. The Hall–Kier alpha value is -7.04. The Labute approximate surface area is 378 Å². The van der Waals surface area contributed by atoms with E-state index in [0.29, 0.717) is 5.56 Å². The molecule has 0 amide bonds. The molecule has 9 rings (SSSR count). The second-order valence-electron chi connectivity index (χ2n) is 17.8. The normalized spacial score (nSPS) is 13.0. The number of ether oxygens (including phenoxy) is 1. The molecule has 0 atom stereocenters. The topological polar surface area (TPSA) is 39.9 Å². The van der Waals surface area contributed by atoms with Gasteiger partial charge in [-0.25, -0.2) is 4.98 Å². The van der Waals surface area contributed by atoms with Crippen molar-refractivity contribution in [3.63, 3.8) is 0 Å². The van der Waals surface area contributed by atoms with Gasteiger partial charge in [-0.2, -0.15) is 0 Å². The maximum absolute atomic E-state index is 9.46. The minimum atomic E-state index is -2.17. The van der Waals surface area contributed by atoms with Gasteiger partial charge in [-0.05, 0) is 136 Å². The number of hydrogen-bond acceptors (Lipinski definition) is 3. The lowest BCUT2D eigenvalue weighted by atomic mass is 9.83. The first-order chi connectivity index (χ1) is 31.9. The van der Waals surface area contributed by atoms with Crippen molar-refractivity contribution in [2.45, 2.75) is 66.6 Å². The molecule has 0 saturated carbocycles. The molecule has 2 heterocycles. The Morgan fingerprint density at radius 3 is 1.97 bits per heavy atom. The summed E-state index contributed by atoms with van der Waals surface area (Å²) >= 11 is 0. The molecule has 0 N–H and O–H groups in total. The quantitative estimate of drug-likeness (QED) is 0.146. The molecular formula is C59H55N3O. The average Bonchev–Trinajstić information content (AvgIpc) is 3.70. The van der Waals surface area contributed by atoms with Crippen LogP contribution in [0, 0.1) is 20.7 Å². The summed E-state index contributed by atoms with van der Waals surface area (Å²) in [5, 5.41) is 0. The van der Waals surface area contributed by atoms with Crippen LogP contribution in [0.4, 0.5) is 0 Å². The summed E-state index contributed by atoms with van der Waals surface area (Å²) in [7, 11) is 1.72. The van der Waals surface area contributed by atoms with Gasteiger partial charge in [-0.1, -0.05) is 149 Å². The maximum atomic E-state index is 9.46. The zero-order chi connectivity index (χ0) is 47.4. The van der Waals surface area contributed by atoms with Crippen molar-refractivity contribution in [2.24, 2.45) is 0 Å². The van der Waals surface area contributed by atoms with E-state index in [0.717, 1.165) is 112 Å². The monoisotopic (exact) mass is 825 g/mol. The molecule has 0 unspecified atom stereocenters. The summed E-state index contributed by atoms with van der Waals surface area (Å²) in [4.78, 5) is 10.6. The summed E-state index contributed by atoms with van der Waals surface area (Å²) in [5.41, 5.74) is 17.5. The average molecular weight is 826 g/mol. The first kappa shape index (κ1) is 36.6. The van der Waals surface area contributed by atoms with Gasteiger partial charge >= 0.3 is 0 Å². The highest BCUT2D eigenvalue weighted by Gasteiger charge is 2.26. The van der Waals surface area contributed by atoms with E-state index in [1.807, 2.05) is 50.4 Å². The smallest absolute Gasteiger partial charge is 0.149 e. The summed E-state index contributed by atoms with van der Waals surface area (Å²) in [6, 6.07) is 53.8. The van der Waals surface area contributed by atoms with Crippen LogP contribution in [0.15, 0.2) is 164 Å². The number of aryl methyl sites for hydroxylation is 3. The standard InChI is InChI=1S/C59H55N3O/c1-37(2)49-35-51(43-19-14-11-15-20-43)55(36-50(49)42-17-12-10-13-18-42)62-54-22-16-21-48(56(54)61-58(62)52-30-39(4)29-40(5)57(52)63-9)45-31-46(33-47(32-45)59(6,7)8)53-34-44(27-28-60-53)41-25-23-38(3)24-26-41/h10-37H,1-9H3/i3D3,37D. The van der Waals surface area contributed by atoms with Crippen LogP contribution >= 0.6 is 0 Å². The minimum absolute atomic E-state index is 0.204. The molecule has 63 heavy (non-hydrogen) atoms. The molecule has 2 aromatic heterocycles. The van der Waals surface area contributed by atoms with Gasteiger partial charge in [-0.3, -0.25) is 9.55 Å². The lowest BCUT2D eigenvalue weighted by molar-refractivity contribution is 0.413. The highest BCUT2D eigenvalue weighted by molar-refractivity contribution is 5.98. The maximum Gasteiger partial charge on any atom is 0.149 e. The molecule has 0 saturated heterocycles. The first-order valence-corrected chi connectivity index (χ1v) is 21.6. The molecule has 0 bridgehead atoms. The van der Waals surface area contributed by atoms with Gasteiger partial charge in [0.1, 0.15) is 11.6 Å². The van der Waals surface area contributed by atoms with Crippen molar-refractivity contribution in [3.05, 3.63) is 192 Å². The van der Waals surface area contributed by atoms with Crippen molar-refractivity contribution in [3.8, 4) is 78.6 Å². The van der Waals surface area contributed by atoms with E-state index in [1.165, 1.54) is 0 Å². The fraction of sp³-hybridized carbons (Fsp3) is 0.186. The summed E-state index contributed by atoms with van der Waals surface area (Å²) in [6.07, 6.45) is 1.82. The summed E-state index contributed by atoms with van der Waals surface area (Å²) in [6.45, 7) is 12.6. The van der Waals surface area contributed by atoms with Gasteiger partial charge in [0.2, 0.25) is 0 Å². The van der Waals surface area contributed by atoms with Crippen molar-refractivity contribution >= 4 is 11.0 Å². The Morgan fingerprint density at radius 2 is 1.30 bits per heavy atom. The van der Waals surface area contributed by atoms with Crippen LogP contribution in [0.3, 0.4) is 0 Å². The number of imidazole rings is 1. The van der Waals surface area contributed by atoms with Crippen LogP contribution in [0.25, 0.3) is 83.9 Å². The van der Waals surface area contributed by atoms with Gasteiger partial charge in [0.15, 0.2) is 0 Å². The molecule has 0 aliphatic heterocycles. The second kappa shape index (κ2) is 16.7. The van der Waals surface area contributed by atoms with E-state index in [1.54, 1.807) is 19.2 Å². The molecule has 4 nitrogen and oxygen atoms in total. The number of para-hydroxylation sites is 1. The fourth-order valence-electron chi connectivity index (χ4n) is 8.84. The first-order valence-electron chi connectivity index (χ1n) is 23.6. The largest absolute Gasteiger partial charge is 0.496 e. The molecule has 0 fully saturated rings. The lowest BCUT2D eigenvalue weighted by Gasteiger charge is -2.22. The zero-order valence-electron chi connectivity index (χ0n) is 41.3. The lowest BCUT2D eigenvalue weighted by Crippen LogP contribution is -2.11. The highest BCUT2D eigenvalue weighted by atomic mass is 16.5. The van der Waals surface area contributed by atoms with E-state index >= 15 is 0 Å². The molecule has 7 aromatic carbocycles. The van der Waals surface area contributed by atoms with Crippen molar-refractivity contribution < 1.29 is 10.2 Å². The van der Waals surface area contributed by atoms with Gasteiger partial charge in [-0.15, -0.1) is 0 Å². The molecule has 0 aliphatic carbocycles. The molecule has 312 valence electrons. The Bertz CT molecular complexity index is 3290. The second-order valence-corrected chi connectivity index (χ2v) is 17.8. The van der Waals surface area contributed by atoms with E-state index < -0.39 is 12.7 Å². The summed E-state index contributed by atoms with van der Waals surface area (Å²) in [5.74, 6) is 0.588. The van der Waals surface area contributed by atoms with Crippen LogP contribution in [0.2, 0.25) is 0 Å². The number of benzene rings is 7. The number of rotatable bonds is 9. The van der Waals surface area contributed by atoms with Crippen LogP contribution < -0.4 is 4.74 Å². The van der Waals surface area contributed by atoms with Crippen molar-refractivity contribution in [2.75, 3.05) is 7.11 Å². The predicted molar refractivity (Wildman–Crippen MR) is 265 cm³/mol. The van der Waals surface area contributed by atoms with E-state index in [-0.39, 0.29) is 5.41 Å². The number of aromatic nitrogens is 3. The van der Waals surface area contributed by atoms with Gasteiger partial charge in [0.05, 0.1) is 35.1 Å². The molecular weight excluding hydrogens is 767 g/mol. The third kappa shape index (κ3) is 7.98. The van der Waals surface area contributed by atoms with Crippen LogP contribution in [0.5, 0.6) is 5.75 Å². The van der Waals surface area contributed by atoms with Gasteiger partial charge in [0.25, 0.3) is 0 Å². The third-order valence-electron chi connectivity index (χ3n) is 12.0. The number of hydrogen-bond donors (Lipinski definition) is 0. The van der Waals surface area contributed by atoms with Crippen LogP contribution in [-0.4, -0.2) is 21.6 Å². The van der Waals surface area contributed by atoms with Gasteiger partial charge < -0.3 is 4.74 Å². The van der Waals surface area contributed by atoms with E-state index in [4.69, 9.17) is 18.8 Å². The fourth-order valence-corrected chi connectivity index (χ4v) is 8.84. The van der Waals surface area contributed by atoms with Crippen molar-refractivity contribution in [1.29, 1.82) is 0 Å². The minimum Gasteiger partial charge on any atom is -0.496 e. The number of pyridine rings is 1. The zero-order valence-corrected chi connectivity index (χ0v) is 37.3. The molecule has 0 radical (unpaired) electrons. The van der Waals surface area contributed by atoms with Crippen LogP contribution in [-0.2, 0) is 5.41 Å². The van der Waals surface area contributed by atoms with E-state index in [9.17, 15) is 1.37 Å². The van der Waals surface area contributed by atoms with Gasteiger partial charge in [0, 0.05) is 28.4 Å². The molecule has 9 aromatic rings.